The first-order valence-electron chi connectivity index (χ1n) is 6.75. The number of hydrogen-bond acceptors (Lipinski definition) is 3. The van der Waals surface area contributed by atoms with Gasteiger partial charge in [0.05, 0.1) is 0 Å². The van der Waals surface area contributed by atoms with Crippen LogP contribution in [0.3, 0.4) is 0 Å². The molecule has 2 heterocycles. The van der Waals surface area contributed by atoms with E-state index < -0.39 is 0 Å². The van der Waals surface area contributed by atoms with Crippen LogP contribution >= 0.6 is 11.3 Å². The third kappa shape index (κ3) is 3.09. The normalized spacial score (nSPS) is 28.2. The molecular weight excluding hydrogens is 228 g/mol. The van der Waals surface area contributed by atoms with Gasteiger partial charge in [-0.2, -0.15) is 0 Å². The molecule has 0 amide bonds. The third-order valence-electron chi connectivity index (χ3n) is 3.88. The third-order valence-corrected chi connectivity index (χ3v) is 4.85. The van der Waals surface area contributed by atoms with Crippen LogP contribution in [-0.4, -0.2) is 24.0 Å². The number of piperidine rings is 1. The molecule has 2 N–H and O–H groups in total. The van der Waals surface area contributed by atoms with E-state index >= 15 is 0 Å². The minimum absolute atomic E-state index is 0.400. The van der Waals surface area contributed by atoms with Crippen LogP contribution in [0.15, 0.2) is 17.5 Å². The molecule has 3 heteroatoms. The van der Waals surface area contributed by atoms with E-state index in [0.29, 0.717) is 18.0 Å². The minimum atomic E-state index is 0.400. The van der Waals surface area contributed by atoms with E-state index in [2.05, 4.69) is 36.3 Å². The van der Waals surface area contributed by atoms with Crippen molar-refractivity contribution in [1.29, 1.82) is 0 Å². The van der Waals surface area contributed by atoms with Crippen LogP contribution in [-0.2, 0) is 0 Å². The van der Waals surface area contributed by atoms with Gasteiger partial charge < -0.3 is 5.73 Å². The van der Waals surface area contributed by atoms with Gasteiger partial charge in [0.15, 0.2) is 0 Å². The molecule has 0 bridgehead atoms. The summed E-state index contributed by atoms with van der Waals surface area (Å²) in [6, 6.07) is 5.47. The van der Waals surface area contributed by atoms with Gasteiger partial charge in [-0.25, -0.2) is 0 Å². The molecule has 1 fully saturated rings. The summed E-state index contributed by atoms with van der Waals surface area (Å²) < 4.78 is 0. The standard InChI is InChI=1S/C14H24N2S/c1-3-5-13(14-6-4-9-17-14)16-8-7-12(15)11(2)10-16/h4,6,9,11-13H,3,5,7-8,10,15H2,1-2H3. The maximum absolute atomic E-state index is 6.11. The fourth-order valence-corrected chi connectivity index (χ4v) is 3.63. The Kier molecular flexibility index (Phi) is 4.60. The summed E-state index contributed by atoms with van der Waals surface area (Å²) in [4.78, 5) is 4.16. The van der Waals surface area contributed by atoms with E-state index in [1.54, 1.807) is 0 Å². The predicted octanol–water partition coefficient (Wildman–Crippen LogP) is 3.26. The van der Waals surface area contributed by atoms with Crippen molar-refractivity contribution in [3.63, 3.8) is 0 Å². The van der Waals surface area contributed by atoms with E-state index in [9.17, 15) is 0 Å². The molecular formula is C14H24N2S. The van der Waals surface area contributed by atoms with Gasteiger partial charge in [0.25, 0.3) is 0 Å². The molecule has 0 aromatic carbocycles. The number of hydrogen-bond donors (Lipinski definition) is 1. The Labute approximate surface area is 109 Å². The van der Waals surface area contributed by atoms with Crippen molar-refractivity contribution in [2.24, 2.45) is 11.7 Å². The fourth-order valence-electron chi connectivity index (χ4n) is 2.74. The average Bonchev–Trinajstić information content (AvgIpc) is 2.83. The lowest BCUT2D eigenvalue weighted by molar-refractivity contribution is 0.111. The van der Waals surface area contributed by atoms with Crippen molar-refractivity contribution in [2.45, 2.75) is 45.2 Å². The Bertz CT molecular complexity index is 323. The number of rotatable bonds is 4. The molecule has 2 rings (SSSR count). The molecule has 0 spiro atoms. The van der Waals surface area contributed by atoms with Gasteiger partial charge in [0, 0.05) is 30.1 Å². The number of likely N-dealkylation sites (tertiary alicyclic amines) is 1. The first-order chi connectivity index (χ1) is 8.22. The second kappa shape index (κ2) is 5.98. The van der Waals surface area contributed by atoms with Gasteiger partial charge in [0.1, 0.15) is 0 Å². The van der Waals surface area contributed by atoms with Crippen LogP contribution in [0.5, 0.6) is 0 Å². The zero-order valence-corrected chi connectivity index (χ0v) is 11.7. The smallest absolute Gasteiger partial charge is 0.0441 e. The molecule has 1 aromatic heterocycles. The molecule has 0 radical (unpaired) electrons. The summed E-state index contributed by atoms with van der Waals surface area (Å²) in [6.45, 7) is 6.88. The number of thiophene rings is 1. The highest BCUT2D eigenvalue weighted by Gasteiger charge is 2.28. The summed E-state index contributed by atoms with van der Waals surface area (Å²) in [7, 11) is 0. The molecule has 96 valence electrons. The average molecular weight is 252 g/mol. The summed E-state index contributed by atoms with van der Waals surface area (Å²) in [5.41, 5.74) is 6.11. The maximum Gasteiger partial charge on any atom is 0.0441 e. The zero-order valence-electron chi connectivity index (χ0n) is 10.9. The number of nitrogens with two attached hydrogens (primary N) is 1. The molecule has 1 aliphatic rings. The topological polar surface area (TPSA) is 29.3 Å². The molecule has 0 saturated carbocycles. The van der Waals surface area contributed by atoms with Crippen molar-refractivity contribution in [3.05, 3.63) is 22.4 Å². The highest BCUT2D eigenvalue weighted by Crippen LogP contribution is 2.32. The molecule has 3 unspecified atom stereocenters. The zero-order chi connectivity index (χ0) is 12.3. The Morgan fingerprint density at radius 3 is 3.00 bits per heavy atom. The monoisotopic (exact) mass is 252 g/mol. The summed E-state index contributed by atoms with van der Waals surface area (Å²) in [5, 5.41) is 2.19. The van der Waals surface area contributed by atoms with Crippen LogP contribution < -0.4 is 5.73 Å². The van der Waals surface area contributed by atoms with Crippen molar-refractivity contribution in [2.75, 3.05) is 13.1 Å². The van der Waals surface area contributed by atoms with Gasteiger partial charge in [-0.15, -0.1) is 11.3 Å². The second-order valence-corrected chi connectivity index (χ2v) is 6.22. The van der Waals surface area contributed by atoms with Crippen molar-refractivity contribution >= 4 is 11.3 Å². The van der Waals surface area contributed by atoms with E-state index in [1.807, 2.05) is 11.3 Å². The Morgan fingerprint density at radius 1 is 1.59 bits per heavy atom. The van der Waals surface area contributed by atoms with Gasteiger partial charge in [-0.1, -0.05) is 26.3 Å². The lowest BCUT2D eigenvalue weighted by atomic mass is 9.92. The first kappa shape index (κ1) is 13.1. The summed E-state index contributed by atoms with van der Waals surface area (Å²) >= 11 is 1.89. The van der Waals surface area contributed by atoms with E-state index in [1.165, 1.54) is 17.7 Å². The van der Waals surface area contributed by atoms with Gasteiger partial charge in [-0.3, -0.25) is 4.90 Å². The lowest BCUT2D eigenvalue weighted by Gasteiger charge is -2.39. The number of nitrogens with zero attached hydrogens (tertiary/aromatic N) is 1. The van der Waals surface area contributed by atoms with Crippen LogP contribution in [0.4, 0.5) is 0 Å². The maximum atomic E-state index is 6.11. The van der Waals surface area contributed by atoms with Crippen molar-refractivity contribution in [1.82, 2.24) is 4.90 Å². The van der Waals surface area contributed by atoms with E-state index in [0.717, 1.165) is 19.5 Å². The molecule has 17 heavy (non-hydrogen) atoms. The quantitative estimate of drug-likeness (QED) is 0.891. The SMILES string of the molecule is CCCC(c1cccs1)N1CCC(N)C(C)C1. The molecule has 1 aliphatic heterocycles. The largest absolute Gasteiger partial charge is 0.327 e. The second-order valence-electron chi connectivity index (χ2n) is 5.24. The highest BCUT2D eigenvalue weighted by molar-refractivity contribution is 7.10. The van der Waals surface area contributed by atoms with Gasteiger partial charge >= 0.3 is 0 Å². The minimum Gasteiger partial charge on any atom is -0.327 e. The molecule has 3 atom stereocenters. The lowest BCUT2D eigenvalue weighted by Crippen LogP contribution is -2.47. The highest BCUT2D eigenvalue weighted by atomic mass is 32.1. The Balaban J connectivity index is 2.06. The van der Waals surface area contributed by atoms with Crippen LogP contribution in [0.2, 0.25) is 0 Å². The summed E-state index contributed by atoms with van der Waals surface area (Å²) in [5.74, 6) is 0.628. The van der Waals surface area contributed by atoms with Crippen LogP contribution in [0, 0.1) is 5.92 Å². The molecule has 1 aromatic rings. The predicted molar refractivity (Wildman–Crippen MR) is 75.3 cm³/mol. The fraction of sp³-hybridized carbons (Fsp3) is 0.714. The van der Waals surface area contributed by atoms with Gasteiger partial charge in [-0.05, 0) is 30.2 Å². The van der Waals surface area contributed by atoms with E-state index in [-0.39, 0.29) is 0 Å². The molecule has 0 aliphatic carbocycles. The van der Waals surface area contributed by atoms with Crippen molar-refractivity contribution < 1.29 is 0 Å². The first-order valence-corrected chi connectivity index (χ1v) is 7.63. The van der Waals surface area contributed by atoms with Gasteiger partial charge in [0.2, 0.25) is 0 Å². The molecule has 2 nitrogen and oxygen atoms in total. The van der Waals surface area contributed by atoms with E-state index in [4.69, 9.17) is 5.73 Å². The van der Waals surface area contributed by atoms with Crippen molar-refractivity contribution in [3.8, 4) is 0 Å². The van der Waals surface area contributed by atoms with Crippen LogP contribution in [0.25, 0.3) is 0 Å². The van der Waals surface area contributed by atoms with Crippen LogP contribution in [0.1, 0.15) is 44.0 Å². The Morgan fingerprint density at radius 2 is 2.41 bits per heavy atom. The summed E-state index contributed by atoms with van der Waals surface area (Å²) in [6.07, 6.45) is 3.66. The Hall–Kier alpha value is -0.380. The molecule has 1 saturated heterocycles.